The van der Waals surface area contributed by atoms with Crippen molar-refractivity contribution < 1.29 is 14.3 Å². The number of benzene rings is 2. The summed E-state index contributed by atoms with van der Waals surface area (Å²) in [7, 11) is 1.56. The number of aryl methyl sites for hydroxylation is 2. The van der Waals surface area contributed by atoms with E-state index in [1.807, 2.05) is 30.3 Å². The second kappa shape index (κ2) is 13.1. The second-order valence-electron chi connectivity index (χ2n) is 10.3. The maximum atomic E-state index is 13.1. The Hall–Kier alpha value is -4.41. The number of rotatable bonds is 6. The minimum absolute atomic E-state index is 0.104. The minimum Gasteiger partial charge on any atom is -0.501 e. The third-order valence-electron chi connectivity index (χ3n) is 7.25. The molecule has 5 rings (SSSR count). The highest BCUT2D eigenvalue weighted by atomic mass is 35.5. The molecule has 3 N–H and O–H groups in total. The maximum absolute atomic E-state index is 13.1. The van der Waals surface area contributed by atoms with Gasteiger partial charge in [0.2, 0.25) is 11.9 Å². The van der Waals surface area contributed by atoms with Gasteiger partial charge in [-0.2, -0.15) is 4.98 Å². The molecule has 0 radical (unpaired) electrons. The van der Waals surface area contributed by atoms with E-state index in [-0.39, 0.29) is 18.4 Å². The summed E-state index contributed by atoms with van der Waals surface area (Å²) in [5.41, 5.74) is 4.97. The van der Waals surface area contributed by atoms with Crippen LogP contribution < -0.4 is 16.0 Å². The maximum Gasteiger partial charge on any atom is 0.253 e. The molecule has 3 heterocycles. The quantitative estimate of drug-likeness (QED) is 0.212. The van der Waals surface area contributed by atoms with Gasteiger partial charge in [0, 0.05) is 48.8 Å². The summed E-state index contributed by atoms with van der Waals surface area (Å²) in [6.07, 6.45) is 4.69. The molecule has 10 nitrogen and oxygen atoms in total. The molecule has 0 saturated carbocycles. The molecule has 0 atom stereocenters. The molecular weight excluding hydrogens is 554 g/mol. The van der Waals surface area contributed by atoms with Gasteiger partial charge in [-0.1, -0.05) is 30.3 Å². The Bertz CT molecular complexity index is 1530. The number of fused-ring (bicyclic) bond motifs is 6. The Morgan fingerprint density at radius 1 is 1.10 bits per heavy atom. The first-order valence-electron chi connectivity index (χ1n) is 13.8. The average molecular weight is 588 g/mol. The first-order valence-corrected chi connectivity index (χ1v) is 14.2. The first-order chi connectivity index (χ1) is 20.3. The lowest BCUT2D eigenvalue weighted by Gasteiger charge is -2.34. The number of hydrogen-bond acceptors (Lipinski definition) is 8. The number of nitrogens with one attached hydrogen (secondary N) is 3. The molecule has 0 unspecified atom stereocenters. The molecular formula is C31H34ClN7O3. The number of carbonyl (C=O) groups excluding carboxylic acids is 2. The normalized spacial score (nSPS) is 15.2. The van der Waals surface area contributed by atoms with Crippen molar-refractivity contribution in [1.29, 1.82) is 0 Å². The summed E-state index contributed by atoms with van der Waals surface area (Å²) in [6.45, 7) is 8.13. The third-order valence-corrected chi connectivity index (χ3v) is 7.53. The third kappa shape index (κ3) is 7.26. The molecule has 2 aromatic carbocycles. The van der Waals surface area contributed by atoms with Crippen LogP contribution in [0.25, 0.3) is 0 Å². The van der Waals surface area contributed by atoms with Crippen LogP contribution in [-0.4, -0.2) is 71.4 Å². The van der Waals surface area contributed by atoms with Gasteiger partial charge in [0.25, 0.3) is 5.91 Å². The second-order valence-corrected chi connectivity index (χ2v) is 10.7. The van der Waals surface area contributed by atoms with Gasteiger partial charge < -0.3 is 25.6 Å². The van der Waals surface area contributed by atoms with E-state index in [4.69, 9.17) is 16.3 Å². The van der Waals surface area contributed by atoms with Crippen LogP contribution in [0.4, 0.5) is 28.8 Å². The number of amides is 2. The summed E-state index contributed by atoms with van der Waals surface area (Å²) < 4.78 is 5.12. The van der Waals surface area contributed by atoms with Crippen LogP contribution in [-0.2, 0) is 27.2 Å². The predicted octanol–water partition coefficient (Wildman–Crippen LogP) is 4.90. The van der Waals surface area contributed by atoms with Crippen molar-refractivity contribution >= 4 is 52.2 Å². The molecule has 42 heavy (non-hydrogen) atoms. The summed E-state index contributed by atoms with van der Waals surface area (Å²) >= 11 is 6.38. The SMILES string of the molecule is C=C(/C=C(/C)OC)C(=O)N1CCN(CC(=O)Nc2ccc3cc2CCc2cccc(c2)Nc2ncc(Cl)c(n2)N3)CC1. The fourth-order valence-corrected chi connectivity index (χ4v) is 5.07. The Morgan fingerprint density at radius 2 is 1.88 bits per heavy atom. The van der Waals surface area contributed by atoms with Gasteiger partial charge in [0.15, 0.2) is 5.82 Å². The number of piperazine rings is 1. The van der Waals surface area contributed by atoms with Gasteiger partial charge in [-0.05, 0) is 67.3 Å². The predicted molar refractivity (Wildman–Crippen MR) is 165 cm³/mol. The Morgan fingerprint density at radius 3 is 2.67 bits per heavy atom. The zero-order valence-corrected chi connectivity index (χ0v) is 24.5. The number of allylic oxidation sites excluding steroid dienone is 1. The molecule has 6 bridgehead atoms. The lowest BCUT2D eigenvalue weighted by atomic mass is 10.0. The Balaban J connectivity index is 1.26. The van der Waals surface area contributed by atoms with E-state index < -0.39 is 0 Å². The summed E-state index contributed by atoms with van der Waals surface area (Å²) in [4.78, 5) is 38.5. The zero-order chi connectivity index (χ0) is 29.6. The van der Waals surface area contributed by atoms with E-state index in [0.717, 1.165) is 34.6 Å². The van der Waals surface area contributed by atoms with Crippen LogP contribution in [0.2, 0.25) is 5.02 Å². The number of methoxy groups -OCH3 is 1. The molecule has 0 spiro atoms. The molecule has 1 fully saturated rings. The summed E-state index contributed by atoms with van der Waals surface area (Å²) in [5, 5.41) is 10.0. The zero-order valence-electron chi connectivity index (χ0n) is 23.7. The minimum atomic E-state index is -0.120. The summed E-state index contributed by atoms with van der Waals surface area (Å²) in [6, 6.07) is 13.9. The van der Waals surface area contributed by atoms with Crippen molar-refractivity contribution in [2.45, 2.75) is 19.8 Å². The molecule has 11 heteroatoms. The van der Waals surface area contributed by atoms with Crippen molar-refractivity contribution in [3.05, 3.63) is 88.8 Å². The Labute approximate surface area is 250 Å². The van der Waals surface area contributed by atoms with Gasteiger partial charge in [0.05, 0.1) is 25.6 Å². The summed E-state index contributed by atoms with van der Waals surface area (Å²) in [5.74, 6) is 1.33. The van der Waals surface area contributed by atoms with E-state index in [9.17, 15) is 9.59 Å². The largest absolute Gasteiger partial charge is 0.501 e. The average Bonchev–Trinajstić information content (AvgIpc) is 2.99. The van der Waals surface area contributed by atoms with E-state index in [1.165, 1.54) is 0 Å². The van der Waals surface area contributed by atoms with E-state index in [2.05, 4.69) is 49.5 Å². The number of aromatic nitrogens is 2. The molecule has 2 aliphatic rings. The van der Waals surface area contributed by atoms with Gasteiger partial charge in [0.1, 0.15) is 5.02 Å². The van der Waals surface area contributed by atoms with Crippen LogP contribution >= 0.6 is 11.6 Å². The fraction of sp³-hybridized carbons (Fsp3) is 0.290. The van der Waals surface area contributed by atoms with Crippen LogP contribution in [0.5, 0.6) is 0 Å². The molecule has 2 amide bonds. The number of ether oxygens (including phenoxy) is 1. The number of hydrogen-bond donors (Lipinski definition) is 3. The molecule has 2 aliphatic heterocycles. The topological polar surface area (TPSA) is 112 Å². The first kappa shape index (κ1) is 29.1. The van der Waals surface area contributed by atoms with Gasteiger partial charge in [-0.15, -0.1) is 0 Å². The number of nitrogens with zero attached hydrogens (tertiary/aromatic N) is 4. The molecule has 3 aromatic rings. The van der Waals surface area contributed by atoms with Crippen LogP contribution in [0.3, 0.4) is 0 Å². The van der Waals surface area contributed by atoms with Gasteiger partial charge in [-0.3, -0.25) is 14.5 Å². The smallest absolute Gasteiger partial charge is 0.253 e. The monoisotopic (exact) mass is 587 g/mol. The lowest BCUT2D eigenvalue weighted by Crippen LogP contribution is -2.50. The van der Waals surface area contributed by atoms with Crippen LogP contribution in [0.1, 0.15) is 18.1 Å². The van der Waals surface area contributed by atoms with Crippen molar-refractivity contribution in [3.63, 3.8) is 0 Å². The van der Waals surface area contributed by atoms with E-state index in [1.54, 1.807) is 31.2 Å². The number of carbonyl (C=O) groups is 2. The van der Waals surface area contributed by atoms with E-state index >= 15 is 0 Å². The fourth-order valence-electron chi connectivity index (χ4n) is 4.94. The van der Waals surface area contributed by atoms with Crippen molar-refractivity contribution in [2.24, 2.45) is 0 Å². The highest BCUT2D eigenvalue weighted by molar-refractivity contribution is 6.32. The van der Waals surface area contributed by atoms with Crippen molar-refractivity contribution in [2.75, 3.05) is 55.8 Å². The van der Waals surface area contributed by atoms with Crippen molar-refractivity contribution in [3.8, 4) is 0 Å². The highest BCUT2D eigenvalue weighted by Crippen LogP contribution is 2.29. The van der Waals surface area contributed by atoms with Gasteiger partial charge in [-0.25, -0.2) is 4.98 Å². The van der Waals surface area contributed by atoms with Crippen molar-refractivity contribution in [1.82, 2.24) is 19.8 Å². The van der Waals surface area contributed by atoms with Crippen LogP contribution in [0, 0.1) is 0 Å². The molecule has 1 aromatic heterocycles. The standard InChI is InChI=1S/C31H34ClN7O3/c1-20(15-21(2)42-3)30(41)39-13-11-38(12-14-39)19-28(40)36-27-10-9-25-17-23(27)8-7-22-5-4-6-24(16-22)35-31-33-18-26(32)29(34-25)37-31/h4-6,9-10,15-18H,1,7-8,11-14,19H2,2-3H3,(H,36,40)(H2,33,34,35,37)/b21-15-. The number of halogens is 1. The molecule has 218 valence electrons. The van der Waals surface area contributed by atoms with Gasteiger partial charge >= 0.3 is 0 Å². The lowest BCUT2D eigenvalue weighted by molar-refractivity contribution is -0.128. The van der Waals surface area contributed by atoms with E-state index in [0.29, 0.717) is 60.7 Å². The van der Waals surface area contributed by atoms with Crippen LogP contribution in [0.15, 0.2) is 72.6 Å². The highest BCUT2D eigenvalue weighted by Gasteiger charge is 2.24. The molecule has 0 aliphatic carbocycles. The molecule has 1 saturated heterocycles. The Kier molecular flexibility index (Phi) is 9.04. The number of anilines is 5.